The number of carbonyl (C=O) groups is 2. The summed E-state index contributed by atoms with van der Waals surface area (Å²) in [6.45, 7) is 3.81. The van der Waals surface area contributed by atoms with Crippen LogP contribution in [-0.2, 0) is 9.59 Å². The molecule has 166 valence electrons. The van der Waals surface area contributed by atoms with E-state index in [0.717, 1.165) is 16.8 Å². The average Bonchev–Trinajstić information content (AvgIpc) is 2.74. The van der Waals surface area contributed by atoms with Gasteiger partial charge in [0.25, 0.3) is 0 Å². The third kappa shape index (κ3) is 5.92. The van der Waals surface area contributed by atoms with Crippen LogP contribution in [0.2, 0.25) is 0 Å². The number of nitrogens with zero attached hydrogens (tertiary/aromatic N) is 2. The van der Waals surface area contributed by atoms with E-state index >= 15 is 0 Å². The SMILES string of the molecule is COc1ccc(C)cc1NC(=O)C(c1ccccc1)N(C)CC(=O)Nc1cccc(C)n1. The van der Waals surface area contributed by atoms with Crippen molar-refractivity contribution in [3.05, 3.63) is 83.6 Å². The van der Waals surface area contributed by atoms with Crippen LogP contribution in [0, 0.1) is 13.8 Å². The Balaban J connectivity index is 1.80. The highest BCUT2D eigenvalue weighted by Crippen LogP contribution is 2.28. The number of benzene rings is 2. The minimum absolute atomic E-state index is 0.00750. The Hall–Kier alpha value is -3.71. The highest BCUT2D eigenvalue weighted by atomic mass is 16.5. The Morgan fingerprint density at radius 2 is 1.75 bits per heavy atom. The molecule has 2 N–H and O–H groups in total. The van der Waals surface area contributed by atoms with Gasteiger partial charge in [-0.15, -0.1) is 0 Å². The maximum atomic E-state index is 13.4. The molecule has 0 spiro atoms. The van der Waals surface area contributed by atoms with Gasteiger partial charge in [-0.2, -0.15) is 0 Å². The molecule has 7 nitrogen and oxygen atoms in total. The van der Waals surface area contributed by atoms with Crippen molar-refractivity contribution in [2.45, 2.75) is 19.9 Å². The monoisotopic (exact) mass is 432 g/mol. The lowest BCUT2D eigenvalue weighted by atomic mass is 10.0. The fraction of sp³-hybridized carbons (Fsp3) is 0.240. The molecule has 0 saturated carbocycles. The lowest BCUT2D eigenvalue weighted by molar-refractivity contribution is -0.123. The Labute approximate surface area is 188 Å². The van der Waals surface area contributed by atoms with Crippen molar-refractivity contribution in [3.8, 4) is 5.75 Å². The molecule has 3 rings (SSSR count). The van der Waals surface area contributed by atoms with E-state index in [0.29, 0.717) is 17.3 Å². The number of anilines is 2. The minimum atomic E-state index is -0.683. The number of aryl methyl sites for hydroxylation is 2. The highest BCUT2D eigenvalue weighted by Gasteiger charge is 2.27. The van der Waals surface area contributed by atoms with Gasteiger partial charge in [-0.3, -0.25) is 14.5 Å². The van der Waals surface area contributed by atoms with E-state index in [-0.39, 0.29) is 18.4 Å². The summed E-state index contributed by atoms with van der Waals surface area (Å²) in [4.78, 5) is 32.0. The second-order valence-corrected chi connectivity index (χ2v) is 7.63. The van der Waals surface area contributed by atoms with Crippen molar-refractivity contribution in [3.63, 3.8) is 0 Å². The van der Waals surface area contributed by atoms with Crippen LogP contribution in [0.15, 0.2) is 66.7 Å². The van der Waals surface area contributed by atoms with Gasteiger partial charge in [0, 0.05) is 5.69 Å². The molecule has 1 aromatic heterocycles. The molecule has 2 aromatic carbocycles. The van der Waals surface area contributed by atoms with E-state index in [1.807, 2.05) is 74.5 Å². The molecule has 0 aliphatic carbocycles. The van der Waals surface area contributed by atoms with Gasteiger partial charge in [0.2, 0.25) is 11.8 Å². The molecule has 32 heavy (non-hydrogen) atoms. The number of pyridine rings is 1. The Morgan fingerprint density at radius 3 is 2.44 bits per heavy atom. The van der Waals surface area contributed by atoms with Gasteiger partial charge < -0.3 is 15.4 Å². The summed E-state index contributed by atoms with van der Waals surface area (Å²) in [6.07, 6.45) is 0. The summed E-state index contributed by atoms with van der Waals surface area (Å²) in [7, 11) is 3.30. The zero-order chi connectivity index (χ0) is 23.1. The molecule has 0 radical (unpaired) electrons. The zero-order valence-corrected chi connectivity index (χ0v) is 18.8. The third-order valence-electron chi connectivity index (χ3n) is 4.97. The summed E-state index contributed by atoms with van der Waals surface area (Å²) in [5.41, 5.74) is 3.17. The molecule has 1 unspecified atom stereocenters. The maximum Gasteiger partial charge on any atom is 0.246 e. The number of rotatable bonds is 8. The summed E-state index contributed by atoms with van der Waals surface area (Å²) in [6, 6.07) is 19.7. The molecular formula is C25H28N4O3. The topological polar surface area (TPSA) is 83.6 Å². The van der Waals surface area contributed by atoms with Crippen LogP contribution in [0.4, 0.5) is 11.5 Å². The predicted octanol–water partition coefficient (Wildman–Crippen LogP) is 3.96. The number of hydrogen-bond acceptors (Lipinski definition) is 5. The van der Waals surface area contributed by atoms with Gasteiger partial charge in [-0.1, -0.05) is 42.5 Å². The van der Waals surface area contributed by atoms with E-state index in [2.05, 4.69) is 15.6 Å². The number of aromatic nitrogens is 1. The number of nitrogens with one attached hydrogen (secondary N) is 2. The molecule has 2 amide bonds. The molecule has 3 aromatic rings. The lowest BCUT2D eigenvalue weighted by Crippen LogP contribution is -2.39. The van der Waals surface area contributed by atoms with Gasteiger partial charge in [0.1, 0.15) is 17.6 Å². The second-order valence-electron chi connectivity index (χ2n) is 7.63. The summed E-state index contributed by atoms with van der Waals surface area (Å²) in [5.74, 6) is 0.534. The molecule has 0 fully saturated rings. The molecular weight excluding hydrogens is 404 g/mol. The number of methoxy groups -OCH3 is 1. The van der Waals surface area contributed by atoms with Crippen LogP contribution in [0.1, 0.15) is 22.9 Å². The summed E-state index contributed by atoms with van der Waals surface area (Å²) < 4.78 is 5.39. The maximum absolute atomic E-state index is 13.4. The molecule has 0 saturated heterocycles. The van der Waals surface area contributed by atoms with Crippen molar-refractivity contribution in [2.75, 3.05) is 31.3 Å². The zero-order valence-electron chi connectivity index (χ0n) is 18.8. The van der Waals surface area contributed by atoms with Crippen molar-refractivity contribution >= 4 is 23.3 Å². The third-order valence-corrected chi connectivity index (χ3v) is 4.97. The first kappa shape index (κ1) is 23.0. The van der Waals surface area contributed by atoms with Gasteiger partial charge in [-0.05, 0) is 56.3 Å². The van der Waals surface area contributed by atoms with Crippen molar-refractivity contribution in [2.24, 2.45) is 0 Å². The Bertz CT molecular complexity index is 1090. The van der Waals surface area contributed by atoms with Crippen LogP contribution >= 0.6 is 0 Å². The Kier molecular flexibility index (Phi) is 7.57. The van der Waals surface area contributed by atoms with Gasteiger partial charge in [0.15, 0.2) is 0 Å². The fourth-order valence-corrected chi connectivity index (χ4v) is 3.47. The number of carbonyl (C=O) groups excluding carboxylic acids is 2. The molecule has 1 atom stereocenters. The van der Waals surface area contributed by atoms with Crippen LogP contribution in [0.25, 0.3) is 0 Å². The molecule has 1 heterocycles. The quantitative estimate of drug-likeness (QED) is 0.563. The average molecular weight is 433 g/mol. The van der Waals surface area contributed by atoms with Crippen molar-refractivity contribution in [1.82, 2.24) is 9.88 Å². The van der Waals surface area contributed by atoms with Crippen molar-refractivity contribution < 1.29 is 14.3 Å². The lowest BCUT2D eigenvalue weighted by Gasteiger charge is -2.27. The number of likely N-dealkylation sites (N-methyl/N-ethyl adjacent to an activating group) is 1. The van der Waals surface area contributed by atoms with Crippen molar-refractivity contribution in [1.29, 1.82) is 0 Å². The number of ether oxygens (including phenoxy) is 1. The number of hydrogen-bond donors (Lipinski definition) is 2. The van der Waals surface area contributed by atoms with Crippen LogP contribution in [-0.4, -0.2) is 42.4 Å². The van der Waals surface area contributed by atoms with E-state index in [4.69, 9.17) is 4.74 Å². The second kappa shape index (κ2) is 10.5. The fourth-order valence-electron chi connectivity index (χ4n) is 3.47. The predicted molar refractivity (Wildman–Crippen MR) is 126 cm³/mol. The van der Waals surface area contributed by atoms with Gasteiger partial charge >= 0.3 is 0 Å². The molecule has 7 heteroatoms. The van der Waals surface area contributed by atoms with E-state index < -0.39 is 6.04 Å². The Morgan fingerprint density at radius 1 is 1.00 bits per heavy atom. The van der Waals surface area contributed by atoms with Crippen LogP contribution in [0.3, 0.4) is 0 Å². The van der Waals surface area contributed by atoms with E-state index in [1.165, 1.54) is 0 Å². The first-order chi connectivity index (χ1) is 15.4. The summed E-state index contributed by atoms with van der Waals surface area (Å²) in [5, 5.41) is 5.75. The van der Waals surface area contributed by atoms with E-state index in [9.17, 15) is 9.59 Å². The molecule has 0 aliphatic rings. The highest BCUT2D eigenvalue weighted by molar-refractivity contribution is 5.98. The normalized spacial score (nSPS) is 11.7. The molecule has 0 bridgehead atoms. The standard InChI is InChI=1S/C25H28N4O3/c1-17-13-14-21(32-4)20(15-17)27-25(31)24(19-10-6-5-7-11-19)29(3)16-23(30)28-22-12-8-9-18(2)26-22/h5-15,24H,16H2,1-4H3,(H,27,31)(H,26,28,30). The van der Waals surface area contributed by atoms with Crippen LogP contribution < -0.4 is 15.4 Å². The van der Waals surface area contributed by atoms with E-state index in [1.54, 1.807) is 25.1 Å². The minimum Gasteiger partial charge on any atom is -0.495 e. The van der Waals surface area contributed by atoms with Gasteiger partial charge in [-0.25, -0.2) is 4.98 Å². The number of amides is 2. The largest absolute Gasteiger partial charge is 0.495 e. The first-order valence-corrected chi connectivity index (χ1v) is 10.3. The smallest absolute Gasteiger partial charge is 0.246 e. The summed E-state index contributed by atoms with van der Waals surface area (Å²) >= 11 is 0. The van der Waals surface area contributed by atoms with Gasteiger partial charge in [0.05, 0.1) is 19.3 Å². The molecule has 0 aliphatic heterocycles. The first-order valence-electron chi connectivity index (χ1n) is 10.3. The van der Waals surface area contributed by atoms with Crippen LogP contribution in [0.5, 0.6) is 5.75 Å².